The first-order chi connectivity index (χ1) is 12.2. The van der Waals surface area contributed by atoms with E-state index in [1.165, 1.54) is 0 Å². The van der Waals surface area contributed by atoms with Gasteiger partial charge in [-0.1, -0.05) is 30.3 Å². The van der Waals surface area contributed by atoms with E-state index in [1.807, 2.05) is 48.5 Å². The second kappa shape index (κ2) is 7.10. The predicted molar refractivity (Wildman–Crippen MR) is 101 cm³/mol. The SMILES string of the molecule is CCOC(=O)Nc1ccc(-c2c(C#N)c3ccccc3n2CC)cc1.[HH]. The van der Waals surface area contributed by atoms with Crippen molar-refractivity contribution < 1.29 is 11.0 Å². The molecule has 0 aliphatic rings. The Balaban J connectivity index is 0.00000243. The van der Waals surface area contributed by atoms with Crippen molar-refractivity contribution in [2.45, 2.75) is 20.4 Å². The van der Waals surface area contributed by atoms with Crippen LogP contribution in [-0.2, 0) is 11.3 Å². The van der Waals surface area contributed by atoms with Crippen LogP contribution in [0.1, 0.15) is 20.8 Å². The number of aromatic nitrogens is 1. The number of anilines is 1. The highest BCUT2D eigenvalue weighted by molar-refractivity contribution is 5.95. The number of hydrogen-bond donors (Lipinski definition) is 1. The van der Waals surface area contributed by atoms with E-state index in [2.05, 4.69) is 22.9 Å². The number of aryl methyl sites for hydroxylation is 1. The first-order valence-electron chi connectivity index (χ1n) is 8.25. The molecular formula is C20H21N3O2. The molecule has 0 spiro atoms. The smallest absolute Gasteiger partial charge is 0.411 e. The number of rotatable bonds is 4. The van der Waals surface area contributed by atoms with E-state index in [4.69, 9.17) is 4.74 Å². The Bertz CT molecular complexity index is 956. The molecule has 0 fully saturated rings. The van der Waals surface area contributed by atoms with Gasteiger partial charge in [-0.25, -0.2) is 4.79 Å². The van der Waals surface area contributed by atoms with Gasteiger partial charge in [-0.15, -0.1) is 0 Å². The van der Waals surface area contributed by atoms with Crippen molar-refractivity contribution >= 4 is 22.7 Å². The Morgan fingerprint density at radius 1 is 1.20 bits per heavy atom. The number of fused-ring (bicyclic) bond motifs is 1. The van der Waals surface area contributed by atoms with Crippen LogP contribution in [0.15, 0.2) is 48.5 Å². The number of ether oxygens (including phenoxy) is 1. The van der Waals surface area contributed by atoms with Crippen LogP contribution in [-0.4, -0.2) is 17.3 Å². The second-order valence-electron chi connectivity index (χ2n) is 5.52. The molecule has 25 heavy (non-hydrogen) atoms. The zero-order valence-electron chi connectivity index (χ0n) is 14.2. The molecule has 0 aliphatic carbocycles. The Kier molecular flexibility index (Phi) is 4.71. The van der Waals surface area contributed by atoms with Gasteiger partial charge in [-0.05, 0) is 37.6 Å². The molecule has 1 amide bonds. The summed E-state index contributed by atoms with van der Waals surface area (Å²) >= 11 is 0. The number of hydrogen-bond acceptors (Lipinski definition) is 3. The summed E-state index contributed by atoms with van der Waals surface area (Å²) < 4.78 is 7.02. The van der Waals surface area contributed by atoms with Gasteiger partial charge in [-0.3, -0.25) is 5.32 Å². The van der Waals surface area contributed by atoms with Gasteiger partial charge in [0, 0.05) is 24.6 Å². The maximum absolute atomic E-state index is 11.5. The van der Waals surface area contributed by atoms with E-state index in [-0.39, 0.29) is 1.43 Å². The Morgan fingerprint density at radius 3 is 2.56 bits per heavy atom. The van der Waals surface area contributed by atoms with Crippen LogP contribution in [0, 0.1) is 11.3 Å². The van der Waals surface area contributed by atoms with Crippen LogP contribution in [0.3, 0.4) is 0 Å². The van der Waals surface area contributed by atoms with Crippen LogP contribution in [0.25, 0.3) is 22.2 Å². The third-order valence-electron chi connectivity index (χ3n) is 4.08. The number of carbonyl (C=O) groups is 1. The number of benzene rings is 2. The second-order valence-corrected chi connectivity index (χ2v) is 5.52. The van der Waals surface area contributed by atoms with E-state index in [1.54, 1.807) is 6.92 Å². The van der Waals surface area contributed by atoms with Crippen LogP contribution in [0.4, 0.5) is 10.5 Å². The molecule has 3 rings (SSSR count). The van der Waals surface area contributed by atoms with Gasteiger partial charge in [0.15, 0.2) is 0 Å². The highest BCUT2D eigenvalue weighted by atomic mass is 16.5. The summed E-state index contributed by atoms with van der Waals surface area (Å²) in [4.78, 5) is 11.5. The molecule has 1 aromatic heterocycles. The Morgan fingerprint density at radius 2 is 1.92 bits per heavy atom. The lowest BCUT2D eigenvalue weighted by Crippen LogP contribution is -2.13. The number of carbonyl (C=O) groups excluding carboxylic acids is 1. The molecular weight excluding hydrogens is 314 g/mol. The molecule has 0 saturated carbocycles. The van der Waals surface area contributed by atoms with Gasteiger partial charge in [0.2, 0.25) is 0 Å². The summed E-state index contributed by atoms with van der Waals surface area (Å²) in [5.41, 5.74) is 4.20. The van der Waals surface area contributed by atoms with Gasteiger partial charge < -0.3 is 9.30 Å². The molecule has 0 aliphatic heterocycles. The first-order valence-corrected chi connectivity index (χ1v) is 8.25. The normalized spacial score (nSPS) is 10.4. The Labute approximate surface area is 147 Å². The maximum Gasteiger partial charge on any atom is 0.411 e. The summed E-state index contributed by atoms with van der Waals surface area (Å²) in [5, 5.41) is 13.3. The van der Waals surface area contributed by atoms with Gasteiger partial charge in [0.1, 0.15) is 6.07 Å². The minimum atomic E-state index is -0.476. The zero-order chi connectivity index (χ0) is 17.8. The van der Waals surface area contributed by atoms with Crippen LogP contribution >= 0.6 is 0 Å². The average Bonchev–Trinajstić information content (AvgIpc) is 2.96. The lowest BCUT2D eigenvalue weighted by molar-refractivity contribution is 0.168. The minimum absolute atomic E-state index is 0. The molecule has 0 unspecified atom stereocenters. The lowest BCUT2D eigenvalue weighted by atomic mass is 10.1. The number of nitriles is 1. The molecule has 0 radical (unpaired) electrons. The van der Waals surface area contributed by atoms with Gasteiger partial charge in [-0.2, -0.15) is 5.26 Å². The van der Waals surface area contributed by atoms with E-state index < -0.39 is 6.09 Å². The van der Waals surface area contributed by atoms with Crippen molar-refractivity contribution in [2.75, 3.05) is 11.9 Å². The fourth-order valence-corrected chi connectivity index (χ4v) is 3.04. The van der Waals surface area contributed by atoms with Crippen molar-refractivity contribution in [2.24, 2.45) is 0 Å². The van der Waals surface area contributed by atoms with Gasteiger partial charge in [0.25, 0.3) is 0 Å². The molecule has 1 N–H and O–H groups in total. The number of para-hydroxylation sites is 1. The van der Waals surface area contributed by atoms with Crippen LogP contribution < -0.4 is 5.32 Å². The van der Waals surface area contributed by atoms with Crippen molar-refractivity contribution in [1.29, 1.82) is 5.26 Å². The minimum Gasteiger partial charge on any atom is -0.450 e. The molecule has 5 heteroatoms. The topological polar surface area (TPSA) is 67.0 Å². The fourth-order valence-electron chi connectivity index (χ4n) is 3.04. The summed E-state index contributed by atoms with van der Waals surface area (Å²) in [5.74, 6) is 0. The number of nitrogens with zero attached hydrogens (tertiary/aromatic N) is 2. The maximum atomic E-state index is 11.5. The fraction of sp³-hybridized carbons (Fsp3) is 0.200. The van der Waals surface area contributed by atoms with E-state index in [9.17, 15) is 10.1 Å². The van der Waals surface area contributed by atoms with Crippen molar-refractivity contribution in [3.05, 3.63) is 54.1 Å². The van der Waals surface area contributed by atoms with E-state index >= 15 is 0 Å². The molecule has 0 saturated heterocycles. The van der Waals surface area contributed by atoms with E-state index in [0.717, 1.165) is 28.7 Å². The molecule has 0 atom stereocenters. The molecule has 3 aromatic rings. The highest BCUT2D eigenvalue weighted by Crippen LogP contribution is 2.33. The van der Waals surface area contributed by atoms with Gasteiger partial charge >= 0.3 is 6.09 Å². The first kappa shape index (κ1) is 16.6. The third-order valence-corrected chi connectivity index (χ3v) is 4.08. The predicted octanol–water partition coefficient (Wildman–Crippen LogP) is 5.01. The van der Waals surface area contributed by atoms with Gasteiger partial charge in [0.05, 0.1) is 17.9 Å². The lowest BCUT2D eigenvalue weighted by Gasteiger charge is -2.10. The van der Waals surface area contributed by atoms with Crippen LogP contribution in [0.2, 0.25) is 0 Å². The summed E-state index contributed by atoms with van der Waals surface area (Å²) in [7, 11) is 0. The molecule has 1 heterocycles. The quantitative estimate of drug-likeness (QED) is 0.728. The van der Waals surface area contributed by atoms with Crippen LogP contribution in [0.5, 0.6) is 0 Å². The monoisotopic (exact) mass is 335 g/mol. The Hall–Kier alpha value is -3.26. The van der Waals surface area contributed by atoms with Crippen molar-refractivity contribution in [3.63, 3.8) is 0 Å². The molecule has 5 nitrogen and oxygen atoms in total. The zero-order valence-corrected chi connectivity index (χ0v) is 14.2. The largest absolute Gasteiger partial charge is 0.450 e. The van der Waals surface area contributed by atoms with E-state index in [0.29, 0.717) is 17.9 Å². The summed E-state index contributed by atoms with van der Waals surface area (Å²) in [6.45, 7) is 4.91. The summed E-state index contributed by atoms with van der Waals surface area (Å²) in [6, 6.07) is 17.7. The van der Waals surface area contributed by atoms with Crippen molar-refractivity contribution in [1.82, 2.24) is 4.57 Å². The standard InChI is InChI=1S/C20H19N3O2.H2/c1-3-23-18-8-6-5-7-16(18)17(13-21)19(23)14-9-11-15(12-10-14)22-20(24)25-4-2;/h5-12H,3-4H2,1-2H3,(H,22,24);1H. The molecule has 2 aromatic carbocycles. The number of amides is 1. The average molecular weight is 335 g/mol. The number of nitrogens with one attached hydrogen (secondary N) is 1. The summed E-state index contributed by atoms with van der Waals surface area (Å²) in [6.07, 6.45) is -0.476. The highest BCUT2D eigenvalue weighted by Gasteiger charge is 2.17. The molecule has 128 valence electrons. The third kappa shape index (κ3) is 3.07. The molecule has 0 bridgehead atoms. The van der Waals surface area contributed by atoms with Crippen molar-refractivity contribution in [3.8, 4) is 17.3 Å².